The molecule has 5 heteroatoms. The van der Waals surface area contributed by atoms with Gasteiger partial charge < -0.3 is 9.47 Å². The van der Waals surface area contributed by atoms with Gasteiger partial charge >= 0.3 is 0 Å². The van der Waals surface area contributed by atoms with Gasteiger partial charge in [0, 0.05) is 42.8 Å². The summed E-state index contributed by atoms with van der Waals surface area (Å²) in [4.78, 5) is 5.15. The third-order valence-corrected chi connectivity index (χ3v) is 5.56. The maximum absolute atomic E-state index is 6.40. The van der Waals surface area contributed by atoms with Crippen LogP contribution in [-0.2, 0) is 6.54 Å². The van der Waals surface area contributed by atoms with Crippen molar-refractivity contribution in [1.29, 1.82) is 0 Å². The van der Waals surface area contributed by atoms with Gasteiger partial charge in [-0.2, -0.15) is 0 Å². The van der Waals surface area contributed by atoms with Gasteiger partial charge in [-0.3, -0.25) is 9.80 Å². The maximum Gasteiger partial charge on any atom is 0.162 e. The van der Waals surface area contributed by atoms with Crippen LogP contribution in [-0.4, -0.2) is 55.7 Å². The number of rotatable bonds is 5. The molecule has 2 aliphatic rings. The average Bonchev–Trinajstić information content (AvgIpc) is 2.52. The molecule has 1 aromatic carbocycles. The standard InChI is InChI=1S/C18H27ClN2O2/c1-13-6-4-5-7-21(13)15-11-20(12-15)10-14-8-17(22-2)18(23-3)9-16(14)19/h8-9,13,15H,4-7,10-12H2,1-3H3/t13-/m1/s1. The molecule has 128 valence electrons. The highest BCUT2D eigenvalue weighted by atomic mass is 35.5. The predicted octanol–water partition coefficient (Wildman–Crippen LogP) is 3.42. The van der Waals surface area contributed by atoms with Crippen LogP contribution in [0.2, 0.25) is 5.02 Å². The Hall–Kier alpha value is -0.970. The molecule has 0 N–H and O–H groups in total. The van der Waals surface area contributed by atoms with Crippen LogP contribution in [0, 0.1) is 0 Å². The molecule has 3 rings (SSSR count). The molecular weight excluding hydrogens is 312 g/mol. The van der Waals surface area contributed by atoms with Crippen molar-refractivity contribution in [3.8, 4) is 11.5 Å². The van der Waals surface area contributed by atoms with Gasteiger partial charge in [0.2, 0.25) is 0 Å². The Morgan fingerprint density at radius 3 is 2.48 bits per heavy atom. The molecule has 0 aliphatic carbocycles. The number of hydrogen-bond acceptors (Lipinski definition) is 4. The number of hydrogen-bond donors (Lipinski definition) is 0. The van der Waals surface area contributed by atoms with Crippen molar-refractivity contribution in [1.82, 2.24) is 9.80 Å². The average molecular weight is 339 g/mol. The van der Waals surface area contributed by atoms with Gasteiger partial charge in [-0.05, 0) is 37.9 Å². The number of methoxy groups -OCH3 is 2. The van der Waals surface area contributed by atoms with Crippen molar-refractivity contribution < 1.29 is 9.47 Å². The molecule has 0 saturated carbocycles. The lowest BCUT2D eigenvalue weighted by Crippen LogP contribution is -2.61. The second-order valence-electron chi connectivity index (χ2n) is 6.73. The van der Waals surface area contributed by atoms with Gasteiger partial charge in [-0.1, -0.05) is 18.0 Å². The van der Waals surface area contributed by atoms with Crippen molar-refractivity contribution in [3.63, 3.8) is 0 Å². The molecule has 0 aromatic heterocycles. The number of halogens is 1. The van der Waals surface area contributed by atoms with Gasteiger partial charge in [-0.15, -0.1) is 0 Å². The van der Waals surface area contributed by atoms with E-state index in [2.05, 4.69) is 16.7 Å². The summed E-state index contributed by atoms with van der Waals surface area (Å²) < 4.78 is 10.7. The molecule has 2 saturated heterocycles. The highest BCUT2D eigenvalue weighted by molar-refractivity contribution is 6.31. The van der Waals surface area contributed by atoms with Crippen molar-refractivity contribution in [2.45, 2.75) is 44.8 Å². The molecule has 0 unspecified atom stereocenters. The Kier molecular flexibility index (Phi) is 5.34. The molecule has 1 aromatic rings. The lowest BCUT2D eigenvalue weighted by molar-refractivity contribution is -0.00621. The molecule has 2 heterocycles. The van der Waals surface area contributed by atoms with E-state index in [0.29, 0.717) is 11.8 Å². The number of piperidine rings is 1. The van der Waals surface area contributed by atoms with Crippen LogP contribution in [0.1, 0.15) is 31.7 Å². The van der Waals surface area contributed by atoms with Crippen LogP contribution < -0.4 is 9.47 Å². The van der Waals surface area contributed by atoms with Crippen LogP contribution in [0.15, 0.2) is 12.1 Å². The van der Waals surface area contributed by atoms with E-state index in [4.69, 9.17) is 21.1 Å². The fraction of sp³-hybridized carbons (Fsp3) is 0.667. The Morgan fingerprint density at radius 2 is 1.83 bits per heavy atom. The molecule has 0 amide bonds. The third-order valence-electron chi connectivity index (χ3n) is 5.21. The zero-order valence-corrected chi connectivity index (χ0v) is 15.1. The molecular formula is C18H27ClN2O2. The van der Waals surface area contributed by atoms with Crippen molar-refractivity contribution in [2.75, 3.05) is 33.9 Å². The van der Waals surface area contributed by atoms with Crippen molar-refractivity contribution in [3.05, 3.63) is 22.7 Å². The van der Waals surface area contributed by atoms with E-state index < -0.39 is 0 Å². The number of nitrogens with zero attached hydrogens (tertiary/aromatic N) is 2. The fourth-order valence-corrected chi connectivity index (χ4v) is 4.02. The minimum atomic E-state index is 0.685. The van der Waals surface area contributed by atoms with Crippen LogP contribution in [0.3, 0.4) is 0 Å². The monoisotopic (exact) mass is 338 g/mol. The van der Waals surface area contributed by atoms with E-state index in [1.807, 2.05) is 12.1 Å². The number of likely N-dealkylation sites (tertiary alicyclic amines) is 2. The first-order chi connectivity index (χ1) is 11.1. The summed E-state index contributed by atoms with van der Waals surface area (Å²) in [5, 5.41) is 0.748. The topological polar surface area (TPSA) is 24.9 Å². The second-order valence-corrected chi connectivity index (χ2v) is 7.14. The third kappa shape index (κ3) is 3.59. The summed E-state index contributed by atoms with van der Waals surface area (Å²) in [6.45, 7) is 6.77. The molecule has 1 atom stereocenters. The highest BCUT2D eigenvalue weighted by Gasteiger charge is 2.35. The highest BCUT2D eigenvalue weighted by Crippen LogP contribution is 2.34. The molecule has 0 spiro atoms. The SMILES string of the molecule is COc1cc(Cl)c(CN2CC(N3CCCC[C@H]3C)C2)cc1OC. The smallest absolute Gasteiger partial charge is 0.162 e. The first-order valence-corrected chi connectivity index (χ1v) is 8.88. The van der Waals surface area contributed by atoms with E-state index in [1.165, 1.54) is 25.8 Å². The largest absolute Gasteiger partial charge is 0.493 e. The van der Waals surface area contributed by atoms with Crippen molar-refractivity contribution >= 4 is 11.6 Å². The zero-order chi connectivity index (χ0) is 16.4. The number of benzene rings is 1. The van der Waals surface area contributed by atoms with Crippen LogP contribution in [0.4, 0.5) is 0 Å². The molecule has 4 nitrogen and oxygen atoms in total. The van der Waals surface area contributed by atoms with Crippen LogP contribution in [0.25, 0.3) is 0 Å². The summed E-state index contributed by atoms with van der Waals surface area (Å²) in [5.74, 6) is 1.43. The Balaban J connectivity index is 1.59. The maximum atomic E-state index is 6.40. The van der Waals surface area contributed by atoms with E-state index in [9.17, 15) is 0 Å². The van der Waals surface area contributed by atoms with E-state index in [-0.39, 0.29) is 0 Å². The number of ether oxygens (including phenoxy) is 2. The van der Waals surface area contributed by atoms with E-state index >= 15 is 0 Å². The Labute approximate surface area is 144 Å². The quantitative estimate of drug-likeness (QED) is 0.821. The predicted molar refractivity (Wildman–Crippen MR) is 93.6 cm³/mol. The van der Waals surface area contributed by atoms with Crippen LogP contribution >= 0.6 is 11.6 Å². The lowest BCUT2D eigenvalue weighted by atomic mass is 9.97. The van der Waals surface area contributed by atoms with Gasteiger partial charge in [0.1, 0.15) is 0 Å². The van der Waals surface area contributed by atoms with Crippen molar-refractivity contribution in [2.24, 2.45) is 0 Å². The second kappa shape index (κ2) is 7.29. The molecule has 23 heavy (non-hydrogen) atoms. The first-order valence-electron chi connectivity index (χ1n) is 8.51. The van der Waals surface area contributed by atoms with Gasteiger partial charge in [0.15, 0.2) is 11.5 Å². The summed E-state index contributed by atoms with van der Waals surface area (Å²) in [7, 11) is 3.29. The minimum Gasteiger partial charge on any atom is -0.493 e. The van der Waals surface area contributed by atoms with Gasteiger partial charge in [-0.25, -0.2) is 0 Å². The normalized spacial score (nSPS) is 23.6. The summed E-state index contributed by atoms with van der Waals surface area (Å²) in [6, 6.07) is 5.29. The summed E-state index contributed by atoms with van der Waals surface area (Å²) in [6.07, 6.45) is 4.08. The first kappa shape index (κ1) is 16.9. The van der Waals surface area contributed by atoms with Crippen LogP contribution in [0.5, 0.6) is 11.5 Å². The molecule has 0 radical (unpaired) electrons. The Bertz CT molecular complexity index is 546. The van der Waals surface area contributed by atoms with E-state index in [1.54, 1.807) is 14.2 Å². The minimum absolute atomic E-state index is 0.685. The molecule has 0 bridgehead atoms. The zero-order valence-electron chi connectivity index (χ0n) is 14.3. The molecule has 2 aliphatic heterocycles. The lowest BCUT2D eigenvalue weighted by Gasteiger charge is -2.49. The van der Waals surface area contributed by atoms with E-state index in [0.717, 1.165) is 42.0 Å². The summed E-state index contributed by atoms with van der Waals surface area (Å²) >= 11 is 6.40. The summed E-state index contributed by atoms with van der Waals surface area (Å²) in [5.41, 5.74) is 1.11. The fourth-order valence-electron chi connectivity index (χ4n) is 3.80. The van der Waals surface area contributed by atoms with Gasteiger partial charge in [0.05, 0.1) is 14.2 Å². The van der Waals surface area contributed by atoms with Gasteiger partial charge in [0.25, 0.3) is 0 Å². The molecule has 2 fully saturated rings. The Morgan fingerprint density at radius 1 is 1.13 bits per heavy atom.